The van der Waals surface area contributed by atoms with Crippen molar-refractivity contribution in [3.8, 4) is 11.5 Å². The molecule has 0 bridgehead atoms. The molecular weight excluding hydrogens is 360 g/mol. The Hall–Kier alpha value is -1.84. The van der Waals surface area contributed by atoms with Crippen molar-refractivity contribution < 1.29 is 27.8 Å². The molecule has 1 fully saturated rings. The summed E-state index contributed by atoms with van der Waals surface area (Å²) in [5.41, 5.74) is 0. The van der Waals surface area contributed by atoms with E-state index in [2.05, 4.69) is 5.32 Å². The van der Waals surface area contributed by atoms with Crippen LogP contribution in [0.2, 0.25) is 0 Å². The highest BCUT2D eigenvalue weighted by atomic mass is 32.2. The van der Waals surface area contributed by atoms with Gasteiger partial charge >= 0.3 is 0 Å². The molecular formula is C17H26N2O6S. The monoisotopic (exact) mass is 386 g/mol. The number of hydrogen-bond donors (Lipinski definition) is 2. The van der Waals surface area contributed by atoms with Crippen LogP contribution in [0, 0.1) is 5.92 Å². The molecule has 146 valence electrons. The molecule has 0 radical (unpaired) electrons. The van der Waals surface area contributed by atoms with Gasteiger partial charge in [-0.15, -0.1) is 0 Å². The number of carbonyl (C=O) groups is 1. The molecule has 1 saturated heterocycles. The zero-order valence-electron chi connectivity index (χ0n) is 15.1. The normalized spacial score (nSPS) is 16.3. The lowest BCUT2D eigenvalue weighted by atomic mass is 9.97. The molecule has 2 rings (SSSR count). The van der Waals surface area contributed by atoms with Crippen molar-refractivity contribution in [1.29, 1.82) is 0 Å². The standard InChI is InChI=1S/C17H26N2O6S/c1-24-14-4-5-15(25-2)16(12-14)26(22,23)19-9-6-13(7-10-19)17(21)18-8-3-11-20/h4-5,12-13,20H,3,6-11H2,1-2H3,(H,18,21). The summed E-state index contributed by atoms with van der Waals surface area (Å²) >= 11 is 0. The molecule has 0 atom stereocenters. The molecule has 0 saturated carbocycles. The number of methoxy groups -OCH3 is 2. The van der Waals surface area contributed by atoms with Crippen LogP contribution >= 0.6 is 0 Å². The minimum absolute atomic E-state index is 0.0271. The maximum Gasteiger partial charge on any atom is 0.246 e. The van der Waals surface area contributed by atoms with E-state index in [0.717, 1.165) is 0 Å². The van der Waals surface area contributed by atoms with E-state index in [4.69, 9.17) is 14.6 Å². The van der Waals surface area contributed by atoms with E-state index in [9.17, 15) is 13.2 Å². The predicted octanol–water partition coefficient (Wildman–Crippen LogP) is 0.603. The predicted molar refractivity (Wildman–Crippen MR) is 95.7 cm³/mol. The van der Waals surface area contributed by atoms with Gasteiger partial charge in [0.25, 0.3) is 0 Å². The molecule has 1 aliphatic rings. The largest absolute Gasteiger partial charge is 0.497 e. The highest BCUT2D eigenvalue weighted by molar-refractivity contribution is 7.89. The van der Waals surface area contributed by atoms with Gasteiger partial charge in [0, 0.05) is 38.2 Å². The molecule has 1 amide bonds. The van der Waals surface area contributed by atoms with Crippen molar-refractivity contribution >= 4 is 15.9 Å². The van der Waals surface area contributed by atoms with E-state index in [-0.39, 0.29) is 42.2 Å². The molecule has 9 heteroatoms. The fourth-order valence-electron chi connectivity index (χ4n) is 2.92. The third kappa shape index (κ3) is 4.66. The number of sulfonamides is 1. The van der Waals surface area contributed by atoms with Gasteiger partial charge in [-0.3, -0.25) is 4.79 Å². The Bertz CT molecular complexity index is 714. The number of hydrogen-bond acceptors (Lipinski definition) is 6. The number of piperidine rings is 1. The summed E-state index contributed by atoms with van der Waals surface area (Å²) in [7, 11) is -0.852. The molecule has 0 aromatic heterocycles. The number of ether oxygens (including phenoxy) is 2. The summed E-state index contributed by atoms with van der Waals surface area (Å²) in [4.78, 5) is 12.1. The van der Waals surface area contributed by atoms with Gasteiger partial charge in [0.1, 0.15) is 16.4 Å². The number of rotatable bonds is 8. The quantitative estimate of drug-likeness (QED) is 0.634. The Balaban J connectivity index is 2.07. The minimum atomic E-state index is -3.74. The van der Waals surface area contributed by atoms with E-state index in [1.807, 2.05) is 0 Å². The Morgan fingerprint density at radius 1 is 1.27 bits per heavy atom. The number of nitrogens with one attached hydrogen (secondary N) is 1. The maximum atomic E-state index is 13.0. The Kier molecular flexibility index (Phi) is 7.24. The average Bonchev–Trinajstić information content (AvgIpc) is 2.67. The second-order valence-corrected chi connectivity index (χ2v) is 7.97. The molecule has 0 spiro atoms. The third-order valence-corrected chi connectivity index (χ3v) is 6.37. The van der Waals surface area contributed by atoms with Crippen LogP contribution in [-0.2, 0) is 14.8 Å². The summed E-state index contributed by atoms with van der Waals surface area (Å²) in [6.45, 7) is 0.982. The lowest BCUT2D eigenvalue weighted by molar-refractivity contribution is -0.126. The molecule has 1 aromatic rings. The number of aliphatic hydroxyl groups excluding tert-OH is 1. The van der Waals surface area contributed by atoms with Gasteiger partial charge in [-0.05, 0) is 31.4 Å². The summed E-state index contributed by atoms with van der Waals surface area (Å²) in [6.07, 6.45) is 1.42. The molecule has 8 nitrogen and oxygen atoms in total. The van der Waals surface area contributed by atoms with E-state index >= 15 is 0 Å². The second kappa shape index (κ2) is 9.20. The Morgan fingerprint density at radius 2 is 1.96 bits per heavy atom. The molecule has 0 unspecified atom stereocenters. The highest BCUT2D eigenvalue weighted by Crippen LogP contribution is 2.32. The summed E-state index contributed by atoms with van der Waals surface area (Å²) in [6, 6.07) is 4.65. The van der Waals surface area contributed by atoms with Crippen molar-refractivity contribution in [2.45, 2.75) is 24.2 Å². The van der Waals surface area contributed by atoms with Gasteiger partial charge in [0.15, 0.2) is 0 Å². The van der Waals surface area contributed by atoms with Crippen LogP contribution in [0.1, 0.15) is 19.3 Å². The van der Waals surface area contributed by atoms with Crippen LogP contribution in [0.3, 0.4) is 0 Å². The molecule has 2 N–H and O–H groups in total. The first-order chi connectivity index (χ1) is 12.4. The second-order valence-electron chi connectivity index (χ2n) is 6.06. The zero-order chi connectivity index (χ0) is 19.2. The highest BCUT2D eigenvalue weighted by Gasteiger charge is 2.33. The van der Waals surface area contributed by atoms with E-state index in [0.29, 0.717) is 31.6 Å². The third-order valence-electron chi connectivity index (χ3n) is 4.45. The van der Waals surface area contributed by atoms with Crippen molar-refractivity contribution in [3.05, 3.63) is 18.2 Å². The van der Waals surface area contributed by atoms with E-state index in [1.54, 1.807) is 12.1 Å². The van der Waals surface area contributed by atoms with Crippen molar-refractivity contribution in [3.63, 3.8) is 0 Å². The SMILES string of the molecule is COc1ccc(OC)c(S(=O)(=O)N2CCC(C(=O)NCCCO)CC2)c1. The molecule has 1 aliphatic heterocycles. The number of carbonyl (C=O) groups excluding carboxylic acids is 1. The lowest BCUT2D eigenvalue weighted by Crippen LogP contribution is -2.43. The van der Waals surface area contributed by atoms with Gasteiger partial charge in [-0.2, -0.15) is 4.31 Å². The lowest BCUT2D eigenvalue weighted by Gasteiger charge is -2.31. The average molecular weight is 386 g/mol. The van der Waals surface area contributed by atoms with E-state index < -0.39 is 10.0 Å². The molecule has 1 heterocycles. The van der Waals surface area contributed by atoms with Crippen LogP contribution in [-0.4, -0.2) is 64.2 Å². The van der Waals surface area contributed by atoms with Gasteiger partial charge in [-0.25, -0.2) is 8.42 Å². The first kappa shape index (κ1) is 20.5. The van der Waals surface area contributed by atoms with Crippen LogP contribution in [0.15, 0.2) is 23.1 Å². The van der Waals surface area contributed by atoms with Crippen LogP contribution in [0.25, 0.3) is 0 Å². The smallest absolute Gasteiger partial charge is 0.246 e. The first-order valence-corrected chi connectivity index (χ1v) is 9.98. The minimum Gasteiger partial charge on any atom is -0.497 e. The number of amides is 1. The Labute approximate surface area is 154 Å². The summed E-state index contributed by atoms with van der Waals surface area (Å²) < 4.78 is 37.7. The summed E-state index contributed by atoms with van der Waals surface area (Å²) in [5, 5.41) is 11.5. The van der Waals surface area contributed by atoms with Crippen molar-refractivity contribution in [2.24, 2.45) is 5.92 Å². The Morgan fingerprint density at radius 3 is 2.54 bits per heavy atom. The van der Waals surface area contributed by atoms with Gasteiger partial charge < -0.3 is 19.9 Å². The molecule has 0 aliphatic carbocycles. The van der Waals surface area contributed by atoms with Crippen LogP contribution in [0.5, 0.6) is 11.5 Å². The number of aliphatic hydroxyl groups is 1. The fraction of sp³-hybridized carbons (Fsp3) is 0.588. The van der Waals surface area contributed by atoms with Crippen molar-refractivity contribution in [2.75, 3.05) is 40.5 Å². The van der Waals surface area contributed by atoms with E-state index in [1.165, 1.54) is 24.6 Å². The van der Waals surface area contributed by atoms with Gasteiger partial charge in [0.05, 0.1) is 14.2 Å². The van der Waals surface area contributed by atoms with Crippen LogP contribution < -0.4 is 14.8 Å². The van der Waals surface area contributed by atoms with Gasteiger partial charge in [0.2, 0.25) is 15.9 Å². The summed E-state index contributed by atoms with van der Waals surface area (Å²) in [5.74, 6) is 0.388. The fourth-order valence-corrected chi connectivity index (χ4v) is 4.56. The maximum absolute atomic E-state index is 13.0. The number of nitrogens with zero attached hydrogens (tertiary/aromatic N) is 1. The molecule has 26 heavy (non-hydrogen) atoms. The number of benzene rings is 1. The topological polar surface area (TPSA) is 105 Å². The van der Waals surface area contributed by atoms with Crippen LogP contribution in [0.4, 0.5) is 0 Å². The zero-order valence-corrected chi connectivity index (χ0v) is 15.9. The van der Waals surface area contributed by atoms with Crippen molar-refractivity contribution in [1.82, 2.24) is 9.62 Å². The van der Waals surface area contributed by atoms with Gasteiger partial charge in [-0.1, -0.05) is 0 Å². The molecule has 1 aromatic carbocycles. The first-order valence-electron chi connectivity index (χ1n) is 8.54.